The molecule has 0 fully saturated rings. The Morgan fingerprint density at radius 3 is 2.79 bits per heavy atom. The summed E-state index contributed by atoms with van der Waals surface area (Å²) in [6, 6.07) is 2.26. The summed E-state index contributed by atoms with van der Waals surface area (Å²) >= 11 is 0. The molecule has 14 heavy (non-hydrogen) atoms. The third-order valence-electron chi connectivity index (χ3n) is 1.87. The van der Waals surface area contributed by atoms with Gasteiger partial charge in [0.1, 0.15) is 11.9 Å². The Morgan fingerprint density at radius 1 is 1.50 bits per heavy atom. The van der Waals surface area contributed by atoms with Crippen molar-refractivity contribution < 1.29 is 14.6 Å². The van der Waals surface area contributed by atoms with E-state index in [0.29, 0.717) is 0 Å². The normalized spacial score (nSPS) is 15.1. The Kier molecular flexibility index (Phi) is 3.94. The molecule has 0 aromatic carbocycles. The highest BCUT2D eigenvalue weighted by Crippen LogP contribution is 2.16. The van der Waals surface area contributed by atoms with Gasteiger partial charge in [-0.2, -0.15) is 0 Å². The van der Waals surface area contributed by atoms with Crippen LogP contribution in [0.3, 0.4) is 0 Å². The first-order valence-corrected chi connectivity index (χ1v) is 4.33. The van der Waals surface area contributed by atoms with Gasteiger partial charge in [0.25, 0.3) is 0 Å². The summed E-state index contributed by atoms with van der Waals surface area (Å²) in [5.41, 5.74) is 5.33. The van der Waals surface area contributed by atoms with Crippen molar-refractivity contribution in [3.63, 3.8) is 0 Å². The first-order valence-electron chi connectivity index (χ1n) is 4.33. The number of nitrogens with zero attached hydrogens (tertiary/aromatic N) is 1. The molecule has 4 nitrogen and oxygen atoms in total. The molecule has 1 rings (SSSR count). The molecule has 2 unspecified atom stereocenters. The molecule has 4 N–H and O–H groups in total. The molecular weight excluding hydrogens is 187 g/mol. The minimum Gasteiger partial charge on any atom is -0.390 e. The number of rotatable bonds is 4. The van der Waals surface area contributed by atoms with Gasteiger partial charge in [-0.25, -0.2) is 4.39 Å². The molecule has 0 aliphatic carbocycles. The van der Waals surface area contributed by atoms with Crippen molar-refractivity contribution in [1.29, 1.82) is 0 Å². The average molecular weight is 200 g/mol. The molecule has 0 amide bonds. The van der Waals surface area contributed by atoms with E-state index in [1.807, 2.05) is 0 Å². The van der Waals surface area contributed by atoms with Gasteiger partial charge in [-0.1, -0.05) is 0 Å². The third-order valence-corrected chi connectivity index (χ3v) is 1.87. The van der Waals surface area contributed by atoms with Crippen LogP contribution in [0.25, 0.3) is 0 Å². The molecular formula is C9H13FN2O2. The van der Waals surface area contributed by atoms with Crippen LogP contribution in [0.2, 0.25) is 0 Å². The van der Waals surface area contributed by atoms with Gasteiger partial charge in [0.15, 0.2) is 0 Å². The first kappa shape index (κ1) is 11.0. The van der Waals surface area contributed by atoms with Crippen LogP contribution in [0.1, 0.15) is 18.2 Å². The molecule has 0 spiro atoms. The van der Waals surface area contributed by atoms with Crippen LogP contribution in [-0.4, -0.2) is 27.8 Å². The van der Waals surface area contributed by atoms with Crippen molar-refractivity contribution in [2.75, 3.05) is 6.54 Å². The van der Waals surface area contributed by atoms with Gasteiger partial charge in [0.2, 0.25) is 0 Å². The summed E-state index contributed by atoms with van der Waals surface area (Å²) in [6.07, 6.45) is -0.703. The number of aromatic nitrogens is 1. The fourth-order valence-corrected chi connectivity index (χ4v) is 1.11. The molecule has 78 valence electrons. The number of hydrogen-bond donors (Lipinski definition) is 3. The predicted octanol–water partition coefficient (Wildman–Crippen LogP) is -0.0362. The van der Waals surface area contributed by atoms with Gasteiger partial charge < -0.3 is 15.9 Å². The van der Waals surface area contributed by atoms with Crippen LogP contribution < -0.4 is 5.73 Å². The summed E-state index contributed by atoms with van der Waals surface area (Å²) in [7, 11) is 0. The van der Waals surface area contributed by atoms with E-state index in [0.717, 1.165) is 6.07 Å². The second-order valence-corrected chi connectivity index (χ2v) is 2.99. The van der Waals surface area contributed by atoms with Crippen LogP contribution in [0.4, 0.5) is 4.39 Å². The quantitative estimate of drug-likeness (QED) is 0.637. The molecule has 0 aliphatic heterocycles. The van der Waals surface area contributed by atoms with Crippen LogP contribution in [0, 0.1) is 5.82 Å². The predicted molar refractivity (Wildman–Crippen MR) is 48.8 cm³/mol. The first-order chi connectivity index (χ1) is 6.65. The van der Waals surface area contributed by atoms with Crippen molar-refractivity contribution in [1.82, 2.24) is 4.98 Å². The van der Waals surface area contributed by atoms with Crippen LogP contribution >= 0.6 is 0 Å². The van der Waals surface area contributed by atoms with Crippen LogP contribution in [0.15, 0.2) is 18.3 Å². The summed E-state index contributed by atoms with van der Waals surface area (Å²) in [4.78, 5) is 3.75. The molecule has 1 aromatic rings. The standard InChI is InChI=1S/C9H13FN2O2/c10-6-2-4-12-7(5-6)9(14)8(13)1-3-11/h2,4-5,8-9,13-14H,1,3,11H2. The number of aliphatic hydroxyl groups is 2. The lowest BCUT2D eigenvalue weighted by atomic mass is 10.1. The van der Waals surface area contributed by atoms with Gasteiger partial charge in [-0.15, -0.1) is 0 Å². The Bertz CT molecular complexity index is 296. The maximum absolute atomic E-state index is 12.7. The van der Waals surface area contributed by atoms with Crippen molar-refractivity contribution in [2.45, 2.75) is 18.6 Å². The number of halogens is 1. The van der Waals surface area contributed by atoms with E-state index in [1.54, 1.807) is 0 Å². The summed E-state index contributed by atoms with van der Waals surface area (Å²) in [5.74, 6) is -0.492. The fourth-order valence-electron chi connectivity index (χ4n) is 1.11. The van der Waals surface area contributed by atoms with Crippen LogP contribution in [0.5, 0.6) is 0 Å². The second kappa shape index (κ2) is 4.99. The smallest absolute Gasteiger partial charge is 0.126 e. The zero-order chi connectivity index (χ0) is 10.6. The number of aliphatic hydroxyl groups excluding tert-OH is 2. The SMILES string of the molecule is NCCC(O)C(O)c1cc(F)ccn1. The lowest BCUT2D eigenvalue weighted by molar-refractivity contribution is 0.0123. The molecule has 0 saturated carbocycles. The molecule has 0 aliphatic rings. The number of pyridine rings is 1. The van der Waals surface area contributed by atoms with E-state index in [4.69, 9.17) is 5.73 Å². The maximum Gasteiger partial charge on any atom is 0.126 e. The van der Waals surface area contributed by atoms with E-state index in [-0.39, 0.29) is 18.7 Å². The molecule has 1 heterocycles. The lowest BCUT2D eigenvalue weighted by Crippen LogP contribution is -2.22. The van der Waals surface area contributed by atoms with Gasteiger partial charge in [-0.05, 0) is 25.1 Å². The Balaban J connectivity index is 2.73. The summed E-state index contributed by atoms with van der Waals surface area (Å²) < 4.78 is 12.7. The van der Waals surface area contributed by atoms with Crippen LogP contribution in [-0.2, 0) is 0 Å². The van der Waals surface area contributed by atoms with E-state index < -0.39 is 18.0 Å². The Labute approximate surface area is 81.2 Å². The highest BCUT2D eigenvalue weighted by Gasteiger charge is 2.18. The minimum absolute atomic E-state index is 0.117. The highest BCUT2D eigenvalue weighted by atomic mass is 19.1. The largest absolute Gasteiger partial charge is 0.390 e. The third kappa shape index (κ3) is 2.73. The van der Waals surface area contributed by atoms with Crippen molar-refractivity contribution in [2.24, 2.45) is 5.73 Å². The van der Waals surface area contributed by atoms with E-state index in [2.05, 4.69) is 4.98 Å². The molecule has 2 atom stereocenters. The van der Waals surface area contributed by atoms with E-state index in [9.17, 15) is 14.6 Å². The maximum atomic E-state index is 12.7. The average Bonchev–Trinajstić information content (AvgIpc) is 2.17. The van der Waals surface area contributed by atoms with E-state index >= 15 is 0 Å². The summed E-state index contributed by atoms with van der Waals surface area (Å²) in [5, 5.41) is 18.9. The lowest BCUT2D eigenvalue weighted by Gasteiger charge is -2.16. The highest BCUT2D eigenvalue weighted by molar-refractivity contribution is 5.09. The van der Waals surface area contributed by atoms with Gasteiger partial charge in [0, 0.05) is 6.20 Å². The summed E-state index contributed by atoms with van der Waals surface area (Å²) in [6.45, 7) is 0.257. The van der Waals surface area contributed by atoms with Crippen molar-refractivity contribution >= 4 is 0 Å². The zero-order valence-electron chi connectivity index (χ0n) is 7.60. The van der Waals surface area contributed by atoms with Gasteiger partial charge >= 0.3 is 0 Å². The second-order valence-electron chi connectivity index (χ2n) is 2.99. The molecule has 0 radical (unpaired) electrons. The fraction of sp³-hybridized carbons (Fsp3) is 0.444. The van der Waals surface area contributed by atoms with Crippen molar-refractivity contribution in [3.8, 4) is 0 Å². The molecule has 1 aromatic heterocycles. The van der Waals surface area contributed by atoms with Gasteiger partial charge in [0.05, 0.1) is 11.8 Å². The molecule has 0 saturated heterocycles. The van der Waals surface area contributed by atoms with Gasteiger partial charge in [-0.3, -0.25) is 4.98 Å². The minimum atomic E-state index is -1.19. The molecule has 0 bridgehead atoms. The number of hydrogen-bond acceptors (Lipinski definition) is 4. The molecule has 5 heteroatoms. The topological polar surface area (TPSA) is 79.4 Å². The zero-order valence-corrected chi connectivity index (χ0v) is 7.60. The monoisotopic (exact) mass is 200 g/mol. The van der Waals surface area contributed by atoms with Crippen molar-refractivity contribution in [3.05, 3.63) is 29.8 Å². The number of nitrogens with two attached hydrogens (primary N) is 1. The Hall–Kier alpha value is -1.04. The van der Waals surface area contributed by atoms with E-state index in [1.165, 1.54) is 12.3 Å². The Morgan fingerprint density at radius 2 is 2.21 bits per heavy atom.